The quantitative estimate of drug-likeness (QED) is 0.632. The van der Waals surface area contributed by atoms with Crippen molar-refractivity contribution in [2.45, 2.75) is 13.5 Å². The summed E-state index contributed by atoms with van der Waals surface area (Å²) in [5, 5.41) is 27.5. The fourth-order valence-corrected chi connectivity index (χ4v) is 2.20. The molecule has 0 aliphatic heterocycles. The van der Waals surface area contributed by atoms with Gasteiger partial charge in [-0.3, -0.25) is 14.9 Å². The smallest absolute Gasteiger partial charge is 0.358 e. The van der Waals surface area contributed by atoms with Crippen LogP contribution in [0, 0.1) is 27.2 Å². The van der Waals surface area contributed by atoms with Crippen LogP contribution in [0.2, 0.25) is 10.0 Å². The van der Waals surface area contributed by atoms with E-state index in [2.05, 4.69) is 10.4 Å². The minimum absolute atomic E-state index is 0.0428. The first kappa shape index (κ1) is 17.6. The molecule has 0 atom stereocenters. The molecule has 0 aliphatic carbocycles. The Bertz CT molecular complexity index is 851. The summed E-state index contributed by atoms with van der Waals surface area (Å²) >= 11 is 11.7. The maximum Gasteiger partial charge on any atom is 0.408 e. The summed E-state index contributed by atoms with van der Waals surface area (Å²) < 4.78 is 1.06. The molecule has 0 saturated heterocycles. The standard InChI is InChI=1S/C12H9Cl2N5O5/c1-6-11(14)12(19(23)24)16-17(6)5-10(20)15-9-4-7(18(21)22)2-3-8(9)13/h2-4H,5H2,1H3,(H,15,20). The first-order chi connectivity index (χ1) is 11.2. The molecule has 1 heterocycles. The van der Waals surface area contributed by atoms with Gasteiger partial charge in [-0.1, -0.05) is 23.2 Å². The number of benzene rings is 1. The van der Waals surface area contributed by atoms with Crippen LogP contribution in [0.1, 0.15) is 5.69 Å². The lowest BCUT2D eigenvalue weighted by Gasteiger charge is -2.06. The van der Waals surface area contributed by atoms with Gasteiger partial charge in [-0.15, -0.1) is 0 Å². The van der Waals surface area contributed by atoms with Gasteiger partial charge < -0.3 is 15.4 Å². The van der Waals surface area contributed by atoms with E-state index in [1.807, 2.05) is 0 Å². The minimum atomic E-state index is -0.763. The lowest BCUT2D eigenvalue weighted by molar-refractivity contribution is -0.389. The Balaban J connectivity index is 2.20. The molecule has 0 spiro atoms. The maximum absolute atomic E-state index is 12.0. The summed E-state index contributed by atoms with van der Waals surface area (Å²) in [6, 6.07) is 3.57. The number of non-ortho nitro benzene ring substituents is 1. The summed E-state index contributed by atoms with van der Waals surface area (Å²) in [4.78, 5) is 32.2. The van der Waals surface area contributed by atoms with Crippen LogP contribution in [-0.4, -0.2) is 25.5 Å². The summed E-state index contributed by atoms with van der Waals surface area (Å²) in [6.07, 6.45) is 0. The molecule has 0 fully saturated rings. The van der Waals surface area contributed by atoms with Gasteiger partial charge in [0, 0.05) is 12.1 Å². The number of hydrogen-bond acceptors (Lipinski definition) is 6. The molecular weight excluding hydrogens is 365 g/mol. The summed E-state index contributed by atoms with van der Waals surface area (Å²) in [5.74, 6) is -1.19. The summed E-state index contributed by atoms with van der Waals surface area (Å²) in [7, 11) is 0. The molecule has 24 heavy (non-hydrogen) atoms. The molecule has 1 N–H and O–H groups in total. The highest BCUT2D eigenvalue weighted by Crippen LogP contribution is 2.28. The lowest BCUT2D eigenvalue weighted by atomic mass is 10.2. The van der Waals surface area contributed by atoms with Crippen LogP contribution in [0.4, 0.5) is 17.2 Å². The largest absolute Gasteiger partial charge is 0.408 e. The Hall–Kier alpha value is -2.72. The number of anilines is 1. The summed E-state index contributed by atoms with van der Waals surface area (Å²) in [5.41, 5.74) is 0.0357. The topological polar surface area (TPSA) is 133 Å². The third-order valence-electron chi connectivity index (χ3n) is 3.02. The van der Waals surface area contributed by atoms with Crippen molar-refractivity contribution >= 4 is 46.3 Å². The molecule has 0 bridgehead atoms. The highest BCUT2D eigenvalue weighted by atomic mass is 35.5. The highest BCUT2D eigenvalue weighted by Gasteiger charge is 2.25. The number of nitro benzene ring substituents is 1. The van der Waals surface area contributed by atoms with Crippen molar-refractivity contribution in [1.82, 2.24) is 9.78 Å². The van der Waals surface area contributed by atoms with Crippen molar-refractivity contribution < 1.29 is 14.6 Å². The van der Waals surface area contributed by atoms with Crippen LogP contribution in [0.25, 0.3) is 0 Å². The Morgan fingerprint density at radius 3 is 2.50 bits per heavy atom. The van der Waals surface area contributed by atoms with E-state index in [9.17, 15) is 25.0 Å². The molecule has 0 saturated carbocycles. The number of aromatic nitrogens is 2. The predicted molar refractivity (Wildman–Crippen MR) is 85.4 cm³/mol. The first-order valence-corrected chi connectivity index (χ1v) is 7.07. The molecular formula is C12H9Cl2N5O5. The molecule has 0 aliphatic rings. The van der Waals surface area contributed by atoms with Gasteiger partial charge in [0.1, 0.15) is 6.54 Å². The number of hydrogen-bond donors (Lipinski definition) is 1. The van der Waals surface area contributed by atoms with Crippen LogP contribution >= 0.6 is 23.2 Å². The molecule has 2 rings (SSSR count). The number of halogens is 2. The zero-order valence-electron chi connectivity index (χ0n) is 12.0. The number of nitrogens with zero attached hydrogens (tertiary/aromatic N) is 4. The first-order valence-electron chi connectivity index (χ1n) is 6.31. The Morgan fingerprint density at radius 1 is 1.29 bits per heavy atom. The SMILES string of the molecule is Cc1c(Cl)c([N+](=O)[O-])nn1CC(=O)Nc1cc([N+](=O)[O-])ccc1Cl. The average molecular weight is 374 g/mol. The normalized spacial score (nSPS) is 10.5. The van der Waals surface area contributed by atoms with E-state index in [0.717, 1.165) is 10.7 Å². The van der Waals surface area contributed by atoms with Crippen molar-refractivity contribution in [3.8, 4) is 0 Å². The van der Waals surface area contributed by atoms with Crippen molar-refractivity contribution in [3.05, 3.63) is 54.2 Å². The van der Waals surface area contributed by atoms with E-state index in [1.54, 1.807) is 0 Å². The Kier molecular flexibility index (Phi) is 5.00. The molecule has 1 aromatic carbocycles. The lowest BCUT2D eigenvalue weighted by Crippen LogP contribution is -2.20. The Labute approximate surface area is 144 Å². The van der Waals surface area contributed by atoms with E-state index in [-0.39, 0.29) is 33.7 Å². The minimum Gasteiger partial charge on any atom is -0.358 e. The van der Waals surface area contributed by atoms with Gasteiger partial charge in [0.2, 0.25) is 5.91 Å². The van der Waals surface area contributed by atoms with E-state index < -0.39 is 21.6 Å². The second-order valence-corrected chi connectivity index (χ2v) is 5.39. The van der Waals surface area contributed by atoms with Crippen LogP contribution in [0.15, 0.2) is 18.2 Å². The second kappa shape index (κ2) is 6.81. The molecule has 126 valence electrons. The molecule has 1 aromatic heterocycles. The van der Waals surface area contributed by atoms with E-state index in [0.29, 0.717) is 0 Å². The fraction of sp³-hybridized carbons (Fsp3) is 0.167. The third-order valence-corrected chi connectivity index (χ3v) is 3.79. The fourth-order valence-electron chi connectivity index (χ4n) is 1.83. The average Bonchev–Trinajstić information content (AvgIpc) is 2.77. The van der Waals surface area contributed by atoms with Crippen molar-refractivity contribution in [2.24, 2.45) is 0 Å². The van der Waals surface area contributed by atoms with Crippen LogP contribution in [-0.2, 0) is 11.3 Å². The van der Waals surface area contributed by atoms with Gasteiger partial charge in [0.15, 0.2) is 5.02 Å². The highest BCUT2D eigenvalue weighted by molar-refractivity contribution is 6.34. The van der Waals surface area contributed by atoms with Crippen LogP contribution in [0.5, 0.6) is 0 Å². The van der Waals surface area contributed by atoms with Gasteiger partial charge >= 0.3 is 5.82 Å². The molecule has 12 heteroatoms. The maximum atomic E-state index is 12.0. The number of amides is 1. The zero-order chi connectivity index (χ0) is 18.0. The molecule has 0 radical (unpaired) electrons. The second-order valence-electron chi connectivity index (χ2n) is 4.61. The number of carbonyl (C=O) groups is 1. The van der Waals surface area contributed by atoms with Crippen LogP contribution < -0.4 is 5.32 Å². The number of carbonyl (C=O) groups excluding carboxylic acids is 1. The van der Waals surface area contributed by atoms with Crippen molar-refractivity contribution in [3.63, 3.8) is 0 Å². The predicted octanol–water partition coefficient (Wildman–Crippen LogP) is 2.95. The summed E-state index contributed by atoms with van der Waals surface area (Å²) in [6.45, 7) is 1.09. The van der Waals surface area contributed by atoms with E-state index in [1.165, 1.54) is 19.1 Å². The molecule has 10 nitrogen and oxygen atoms in total. The van der Waals surface area contributed by atoms with E-state index >= 15 is 0 Å². The van der Waals surface area contributed by atoms with Crippen molar-refractivity contribution in [1.29, 1.82) is 0 Å². The zero-order valence-corrected chi connectivity index (χ0v) is 13.5. The van der Waals surface area contributed by atoms with Gasteiger partial charge in [0.05, 0.1) is 26.4 Å². The van der Waals surface area contributed by atoms with Crippen LogP contribution in [0.3, 0.4) is 0 Å². The third kappa shape index (κ3) is 3.60. The van der Waals surface area contributed by atoms with E-state index in [4.69, 9.17) is 23.2 Å². The van der Waals surface area contributed by atoms with Crippen molar-refractivity contribution in [2.75, 3.05) is 5.32 Å². The van der Waals surface area contributed by atoms with Gasteiger partial charge in [-0.2, -0.15) is 4.68 Å². The number of nitro groups is 2. The number of rotatable bonds is 5. The Morgan fingerprint density at radius 2 is 1.96 bits per heavy atom. The van der Waals surface area contributed by atoms with Gasteiger partial charge in [-0.05, 0) is 17.9 Å². The van der Waals surface area contributed by atoms with Gasteiger partial charge in [0.25, 0.3) is 5.69 Å². The monoisotopic (exact) mass is 373 g/mol. The molecule has 2 aromatic rings. The number of nitrogens with one attached hydrogen (secondary N) is 1. The molecule has 1 amide bonds. The van der Waals surface area contributed by atoms with Gasteiger partial charge in [-0.25, -0.2) is 0 Å². The molecule has 0 unspecified atom stereocenters.